The lowest BCUT2D eigenvalue weighted by Gasteiger charge is -2.27. The normalized spacial score (nSPS) is 20.4. The van der Waals surface area contributed by atoms with Gasteiger partial charge < -0.3 is 15.7 Å². The molecule has 134 valence electrons. The van der Waals surface area contributed by atoms with Crippen molar-refractivity contribution in [1.29, 1.82) is 0 Å². The highest BCUT2D eigenvalue weighted by Crippen LogP contribution is 2.32. The lowest BCUT2D eigenvalue weighted by Crippen LogP contribution is -2.34. The summed E-state index contributed by atoms with van der Waals surface area (Å²) in [5, 5.41) is 18.1. The summed E-state index contributed by atoms with van der Waals surface area (Å²) in [7, 11) is 0. The van der Waals surface area contributed by atoms with Crippen molar-refractivity contribution in [3.05, 3.63) is 49.0 Å². The summed E-state index contributed by atoms with van der Waals surface area (Å²) in [6.45, 7) is 0.666. The number of rotatable bonds is 5. The summed E-state index contributed by atoms with van der Waals surface area (Å²) in [5.41, 5.74) is 1.82. The van der Waals surface area contributed by atoms with Gasteiger partial charge in [-0.1, -0.05) is 22.0 Å². The molecule has 1 fully saturated rings. The number of carbonyl (C=O) groups is 1. The van der Waals surface area contributed by atoms with Crippen LogP contribution in [0.3, 0.4) is 0 Å². The summed E-state index contributed by atoms with van der Waals surface area (Å²) in [6, 6.07) is 8.06. The van der Waals surface area contributed by atoms with Crippen LogP contribution >= 0.6 is 43.2 Å². The highest BCUT2D eigenvalue weighted by molar-refractivity contribution is 9.11. The topological polar surface area (TPSA) is 61.4 Å². The Hall–Kier alpha value is -0.730. The zero-order valence-corrected chi connectivity index (χ0v) is 17.6. The molecule has 1 aromatic carbocycles. The molecule has 1 saturated carbocycles. The van der Waals surface area contributed by atoms with Crippen molar-refractivity contribution in [2.24, 2.45) is 0 Å². The molecular formula is C18H20Br2N2O2S. The molecule has 1 aliphatic rings. The maximum atomic E-state index is 12.4. The van der Waals surface area contributed by atoms with Gasteiger partial charge in [-0.05, 0) is 70.8 Å². The third kappa shape index (κ3) is 5.14. The molecule has 0 radical (unpaired) electrons. The van der Waals surface area contributed by atoms with Crippen LogP contribution in [0, 0.1) is 0 Å². The minimum Gasteiger partial charge on any atom is -0.393 e. The third-order valence-corrected chi connectivity index (χ3v) is 6.35. The molecule has 3 N–H and O–H groups in total. The number of carbonyl (C=O) groups excluding carboxylic acids is 1. The van der Waals surface area contributed by atoms with Crippen molar-refractivity contribution < 1.29 is 9.90 Å². The standard InChI is InChI=1S/C18H20Br2N2O2S/c19-12-8-11(10-21-13-3-5-14(23)6-4-13)17(15(20)9-12)22-18(24)16-2-1-7-25-16/h1-2,7-9,13-14,21,23H,3-6,10H2,(H,22,24)/t13-,14-. The summed E-state index contributed by atoms with van der Waals surface area (Å²) in [4.78, 5) is 13.1. The fourth-order valence-corrected chi connectivity index (χ4v) is 5.06. The zero-order chi connectivity index (χ0) is 17.8. The molecule has 1 aliphatic carbocycles. The van der Waals surface area contributed by atoms with Crippen molar-refractivity contribution >= 4 is 54.8 Å². The molecule has 2 aromatic rings. The predicted octanol–water partition coefficient (Wildman–Crippen LogP) is 4.92. The van der Waals surface area contributed by atoms with Crippen LogP contribution in [-0.4, -0.2) is 23.2 Å². The molecule has 1 amide bonds. The number of aliphatic hydroxyl groups is 1. The van der Waals surface area contributed by atoms with E-state index < -0.39 is 0 Å². The highest BCUT2D eigenvalue weighted by atomic mass is 79.9. The van der Waals surface area contributed by atoms with Gasteiger partial charge in [0, 0.05) is 21.5 Å². The van der Waals surface area contributed by atoms with E-state index in [1.165, 1.54) is 11.3 Å². The lowest BCUT2D eigenvalue weighted by atomic mass is 9.93. The Kier molecular flexibility index (Phi) is 6.68. The first-order valence-corrected chi connectivity index (χ1v) is 10.7. The van der Waals surface area contributed by atoms with Crippen molar-refractivity contribution in [3.63, 3.8) is 0 Å². The first kappa shape index (κ1) is 19.0. The monoisotopic (exact) mass is 486 g/mol. The van der Waals surface area contributed by atoms with Gasteiger partial charge in [-0.15, -0.1) is 11.3 Å². The van der Waals surface area contributed by atoms with Crippen molar-refractivity contribution in [2.45, 2.75) is 44.4 Å². The van der Waals surface area contributed by atoms with Crippen LogP contribution < -0.4 is 10.6 Å². The smallest absolute Gasteiger partial charge is 0.265 e. The van der Waals surface area contributed by atoms with Gasteiger partial charge in [0.2, 0.25) is 0 Å². The minimum atomic E-state index is -0.154. The van der Waals surface area contributed by atoms with E-state index >= 15 is 0 Å². The van der Waals surface area contributed by atoms with E-state index in [4.69, 9.17) is 0 Å². The number of thiophene rings is 1. The maximum Gasteiger partial charge on any atom is 0.265 e. The number of hydrogen-bond acceptors (Lipinski definition) is 4. The molecule has 0 aliphatic heterocycles. The van der Waals surface area contributed by atoms with Crippen LogP contribution in [0.5, 0.6) is 0 Å². The zero-order valence-electron chi connectivity index (χ0n) is 13.6. The molecule has 1 heterocycles. The SMILES string of the molecule is O=C(Nc1c(Br)cc(Br)cc1CN[C@H]1CC[C@H](O)CC1)c1cccs1. The molecule has 0 unspecified atom stereocenters. The first-order chi connectivity index (χ1) is 12.0. The Morgan fingerprint density at radius 1 is 1.24 bits per heavy atom. The second-order valence-electron chi connectivity index (χ2n) is 6.24. The van der Waals surface area contributed by atoms with Gasteiger partial charge in [0.1, 0.15) is 0 Å². The molecule has 0 saturated heterocycles. The van der Waals surface area contributed by atoms with Crippen LogP contribution in [0.2, 0.25) is 0 Å². The minimum absolute atomic E-state index is 0.0972. The number of hydrogen-bond donors (Lipinski definition) is 3. The number of benzene rings is 1. The average Bonchev–Trinajstić information content (AvgIpc) is 3.11. The third-order valence-electron chi connectivity index (χ3n) is 4.40. The van der Waals surface area contributed by atoms with Gasteiger partial charge in [0.15, 0.2) is 0 Å². The average molecular weight is 488 g/mol. The van der Waals surface area contributed by atoms with E-state index in [1.807, 2.05) is 29.6 Å². The molecule has 25 heavy (non-hydrogen) atoms. The maximum absolute atomic E-state index is 12.4. The van der Waals surface area contributed by atoms with E-state index in [0.29, 0.717) is 17.5 Å². The molecule has 0 bridgehead atoms. The van der Waals surface area contributed by atoms with E-state index in [9.17, 15) is 9.90 Å². The van der Waals surface area contributed by atoms with E-state index in [-0.39, 0.29) is 12.0 Å². The fraction of sp³-hybridized carbons (Fsp3) is 0.389. The Bertz CT molecular complexity index is 729. The molecule has 1 aromatic heterocycles. The summed E-state index contributed by atoms with van der Waals surface area (Å²) < 4.78 is 1.81. The van der Waals surface area contributed by atoms with E-state index in [2.05, 4.69) is 42.5 Å². The van der Waals surface area contributed by atoms with Gasteiger partial charge in [0.05, 0.1) is 16.7 Å². The lowest BCUT2D eigenvalue weighted by molar-refractivity contribution is 0.103. The van der Waals surface area contributed by atoms with E-state index in [0.717, 1.165) is 45.9 Å². The van der Waals surface area contributed by atoms with Gasteiger partial charge >= 0.3 is 0 Å². The van der Waals surface area contributed by atoms with Crippen LogP contribution in [0.4, 0.5) is 5.69 Å². The summed E-state index contributed by atoms with van der Waals surface area (Å²) in [6.07, 6.45) is 3.50. The Labute approximate surface area is 168 Å². The largest absolute Gasteiger partial charge is 0.393 e. The highest BCUT2D eigenvalue weighted by Gasteiger charge is 2.20. The number of amides is 1. The second-order valence-corrected chi connectivity index (χ2v) is 8.96. The summed E-state index contributed by atoms with van der Waals surface area (Å²) >= 11 is 8.51. The number of aliphatic hydroxyl groups excluding tert-OH is 1. The van der Waals surface area contributed by atoms with Gasteiger partial charge in [-0.2, -0.15) is 0 Å². The Morgan fingerprint density at radius 3 is 2.68 bits per heavy atom. The van der Waals surface area contributed by atoms with E-state index in [1.54, 1.807) is 0 Å². The van der Waals surface area contributed by atoms with Gasteiger partial charge in [0.25, 0.3) is 5.91 Å². The van der Waals surface area contributed by atoms with Crippen LogP contribution in [0.1, 0.15) is 40.9 Å². The van der Waals surface area contributed by atoms with Crippen LogP contribution in [0.15, 0.2) is 38.6 Å². The molecule has 7 heteroatoms. The molecule has 3 rings (SSSR count). The van der Waals surface area contributed by atoms with Gasteiger partial charge in [-0.3, -0.25) is 4.79 Å². The molecule has 4 nitrogen and oxygen atoms in total. The van der Waals surface area contributed by atoms with Crippen LogP contribution in [-0.2, 0) is 6.54 Å². The number of halogens is 2. The molecule has 0 atom stereocenters. The van der Waals surface area contributed by atoms with Crippen molar-refractivity contribution in [3.8, 4) is 0 Å². The molecule has 0 spiro atoms. The molecular weight excluding hydrogens is 468 g/mol. The number of nitrogens with one attached hydrogen (secondary N) is 2. The first-order valence-electron chi connectivity index (χ1n) is 8.27. The fourth-order valence-electron chi connectivity index (χ4n) is 3.02. The second kappa shape index (κ2) is 8.77. The number of anilines is 1. The Morgan fingerprint density at radius 2 is 2.00 bits per heavy atom. The predicted molar refractivity (Wildman–Crippen MR) is 109 cm³/mol. The summed E-state index contributed by atoms with van der Waals surface area (Å²) in [5.74, 6) is -0.0972. The van der Waals surface area contributed by atoms with Crippen molar-refractivity contribution in [2.75, 3.05) is 5.32 Å². The van der Waals surface area contributed by atoms with Gasteiger partial charge in [-0.25, -0.2) is 0 Å². The Balaban J connectivity index is 1.72. The van der Waals surface area contributed by atoms with Crippen molar-refractivity contribution in [1.82, 2.24) is 5.32 Å². The quantitative estimate of drug-likeness (QED) is 0.561. The van der Waals surface area contributed by atoms with Crippen LogP contribution in [0.25, 0.3) is 0 Å².